The lowest BCUT2D eigenvalue weighted by Crippen LogP contribution is -2.16. The van der Waals surface area contributed by atoms with E-state index in [0.717, 1.165) is 23.1 Å². The van der Waals surface area contributed by atoms with E-state index in [1.807, 2.05) is 54.6 Å². The van der Waals surface area contributed by atoms with Gasteiger partial charge in [0.05, 0.1) is 12.0 Å². The number of nitrogens with two attached hydrogens (primary N) is 1. The number of nitrogen functional groups attached to an aromatic ring is 1. The molecule has 0 spiro atoms. The first kappa shape index (κ1) is 24.4. The van der Waals surface area contributed by atoms with Gasteiger partial charge in [0.25, 0.3) is 5.95 Å². The molecular weight excluding hydrogens is 509 g/mol. The average molecular weight is 528 g/mol. The number of anilines is 2. The minimum Gasteiger partial charge on any atom is -0.457 e. The molecule has 0 aliphatic heterocycles. The molecule has 0 aliphatic rings. The Kier molecular flexibility index (Phi) is 8.09. The number of nitrogens with one attached hydrogen (secondary N) is 2. The number of hydrazone groups is 1. The fourth-order valence-electron chi connectivity index (χ4n) is 2.85. The molecule has 0 saturated carbocycles. The second kappa shape index (κ2) is 11.6. The van der Waals surface area contributed by atoms with Gasteiger partial charge in [0.15, 0.2) is 0 Å². The molecule has 0 saturated heterocycles. The fraction of sp³-hybridized carbons (Fsp3) is 0.0435. The minimum atomic E-state index is -0.276. The molecule has 35 heavy (non-hydrogen) atoms. The molecule has 0 atom stereocenters. The number of para-hydroxylation sites is 1. The van der Waals surface area contributed by atoms with Crippen LogP contribution in [0.5, 0.6) is 11.5 Å². The minimum absolute atomic E-state index is 0.0525. The van der Waals surface area contributed by atoms with E-state index in [1.54, 1.807) is 24.4 Å². The molecule has 0 bridgehead atoms. The van der Waals surface area contributed by atoms with Crippen molar-refractivity contribution in [3.63, 3.8) is 0 Å². The third kappa shape index (κ3) is 7.12. The quantitative estimate of drug-likeness (QED) is 0.117. The van der Waals surface area contributed by atoms with Crippen LogP contribution >= 0.6 is 35.0 Å². The molecule has 1 heterocycles. The van der Waals surface area contributed by atoms with Crippen molar-refractivity contribution in [1.29, 1.82) is 0 Å². The third-order valence-corrected chi connectivity index (χ3v) is 5.74. The molecule has 3 aromatic carbocycles. The van der Waals surface area contributed by atoms with E-state index >= 15 is 0 Å². The first-order valence-corrected chi connectivity index (χ1v) is 11.9. The van der Waals surface area contributed by atoms with E-state index in [0.29, 0.717) is 26.6 Å². The summed E-state index contributed by atoms with van der Waals surface area (Å²) in [6.45, 7) is 0. The van der Waals surface area contributed by atoms with Gasteiger partial charge in [-0.25, -0.2) is 10.1 Å². The monoisotopic (exact) mass is 527 g/mol. The molecular formula is C23H19Cl2N7O2S. The van der Waals surface area contributed by atoms with Crippen molar-refractivity contribution in [2.45, 2.75) is 5.16 Å². The van der Waals surface area contributed by atoms with Gasteiger partial charge in [0.1, 0.15) is 11.5 Å². The van der Waals surface area contributed by atoms with Crippen LogP contribution in [0.4, 0.5) is 11.6 Å². The lowest BCUT2D eigenvalue weighted by Gasteiger charge is -2.06. The van der Waals surface area contributed by atoms with Crippen LogP contribution in [0, 0.1) is 0 Å². The molecule has 0 aliphatic carbocycles. The highest BCUT2D eigenvalue weighted by Crippen LogP contribution is 2.24. The number of ether oxygens (including phenoxy) is 1. The zero-order valence-electron chi connectivity index (χ0n) is 18.1. The molecule has 9 nitrogen and oxygen atoms in total. The van der Waals surface area contributed by atoms with Gasteiger partial charge in [-0.2, -0.15) is 5.10 Å². The van der Waals surface area contributed by atoms with E-state index in [9.17, 15) is 4.79 Å². The summed E-state index contributed by atoms with van der Waals surface area (Å²) in [5.74, 6) is 7.43. The maximum Gasteiger partial charge on any atom is 0.264 e. The number of amides is 1. The number of carbonyl (C=O) groups excluding carboxylic acids is 1. The second-order valence-electron chi connectivity index (χ2n) is 7.03. The Morgan fingerprint density at radius 1 is 1.03 bits per heavy atom. The van der Waals surface area contributed by atoms with Crippen LogP contribution in [0.2, 0.25) is 10.0 Å². The Balaban J connectivity index is 1.30. The summed E-state index contributed by atoms with van der Waals surface area (Å²) in [7, 11) is 0. The molecule has 1 aromatic heterocycles. The SMILES string of the molecule is Nn1c(N/N=C/c2cccc(Oc3ccccc3)c2)nnc1SCC(=O)Nc1cc(Cl)cc(Cl)c1. The predicted molar refractivity (Wildman–Crippen MR) is 140 cm³/mol. The molecule has 4 rings (SSSR count). The zero-order chi connectivity index (χ0) is 24.6. The topological polar surface area (TPSA) is 119 Å². The predicted octanol–water partition coefficient (Wildman–Crippen LogP) is 5.27. The number of nitrogens with zero attached hydrogens (tertiary/aromatic N) is 4. The highest BCUT2D eigenvalue weighted by Gasteiger charge is 2.12. The summed E-state index contributed by atoms with van der Waals surface area (Å²) < 4.78 is 7.03. The van der Waals surface area contributed by atoms with Gasteiger partial charge >= 0.3 is 0 Å². The number of rotatable bonds is 9. The van der Waals surface area contributed by atoms with Crippen molar-refractivity contribution in [3.8, 4) is 11.5 Å². The van der Waals surface area contributed by atoms with Crippen molar-refractivity contribution in [3.05, 3.63) is 88.4 Å². The Labute approximate surface area is 215 Å². The van der Waals surface area contributed by atoms with E-state index in [-0.39, 0.29) is 17.6 Å². The van der Waals surface area contributed by atoms with Crippen molar-refractivity contribution >= 4 is 58.7 Å². The number of carbonyl (C=O) groups is 1. The first-order chi connectivity index (χ1) is 17.0. The van der Waals surface area contributed by atoms with Crippen molar-refractivity contribution < 1.29 is 9.53 Å². The van der Waals surface area contributed by atoms with Gasteiger partial charge in [-0.1, -0.05) is 65.3 Å². The van der Waals surface area contributed by atoms with Crippen molar-refractivity contribution in [1.82, 2.24) is 14.9 Å². The van der Waals surface area contributed by atoms with Gasteiger partial charge in [0.2, 0.25) is 11.1 Å². The van der Waals surface area contributed by atoms with Gasteiger partial charge < -0.3 is 15.9 Å². The van der Waals surface area contributed by atoms with E-state index in [4.69, 9.17) is 33.8 Å². The van der Waals surface area contributed by atoms with Crippen molar-refractivity contribution in [2.75, 3.05) is 22.3 Å². The van der Waals surface area contributed by atoms with Gasteiger partial charge in [-0.15, -0.1) is 10.2 Å². The molecule has 0 unspecified atom stereocenters. The summed E-state index contributed by atoms with van der Waals surface area (Å²) in [4.78, 5) is 12.2. The van der Waals surface area contributed by atoms with Crippen LogP contribution in [-0.4, -0.2) is 32.7 Å². The summed E-state index contributed by atoms with van der Waals surface area (Å²) >= 11 is 13.0. The van der Waals surface area contributed by atoms with Crippen LogP contribution in [0.1, 0.15) is 5.56 Å². The number of halogens is 2. The van der Waals surface area contributed by atoms with Crippen molar-refractivity contribution in [2.24, 2.45) is 5.10 Å². The number of thioether (sulfide) groups is 1. The third-order valence-electron chi connectivity index (χ3n) is 4.36. The molecule has 0 fully saturated rings. The first-order valence-electron chi connectivity index (χ1n) is 10.2. The molecule has 1 amide bonds. The van der Waals surface area contributed by atoms with E-state index in [1.165, 1.54) is 4.68 Å². The Hall–Kier alpha value is -3.73. The van der Waals surface area contributed by atoms with Gasteiger partial charge in [-0.05, 0) is 48.0 Å². The average Bonchev–Trinajstić information content (AvgIpc) is 3.17. The Morgan fingerprint density at radius 2 is 1.77 bits per heavy atom. The number of aromatic nitrogens is 3. The molecule has 4 aromatic rings. The highest BCUT2D eigenvalue weighted by atomic mass is 35.5. The summed E-state index contributed by atoms with van der Waals surface area (Å²) in [5, 5.41) is 16.0. The van der Waals surface area contributed by atoms with Crippen LogP contribution in [0.25, 0.3) is 0 Å². The molecule has 178 valence electrons. The Morgan fingerprint density at radius 3 is 2.54 bits per heavy atom. The van der Waals surface area contributed by atoms with Crippen LogP contribution in [-0.2, 0) is 4.79 Å². The van der Waals surface area contributed by atoms with E-state index in [2.05, 4.69) is 26.0 Å². The standard InChI is InChI=1S/C23H19Cl2N7O2S/c24-16-10-17(25)12-18(11-16)28-21(33)14-35-23-31-30-22(32(23)26)29-27-13-15-5-4-8-20(9-15)34-19-6-2-1-3-7-19/h1-13H,14,26H2,(H,28,33)(H,29,30)/b27-13+. The summed E-state index contributed by atoms with van der Waals surface area (Å²) in [5.41, 5.74) is 4.04. The zero-order valence-corrected chi connectivity index (χ0v) is 20.4. The normalized spacial score (nSPS) is 10.9. The van der Waals surface area contributed by atoms with Crippen LogP contribution < -0.4 is 21.3 Å². The highest BCUT2D eigenvalue weighted by molar-refractivity contribution is 7.99. The lowest BCUT2D eigenvalue weighted by atomic mass is 10.2. The van der Waals surface area contributed by atoms with Gasteiger partial charge in [0, 0.05) is 15.7 Å². The number of benzene rings is 3. The fourth-order valence-corrected chi connectivity index (χ4v) is 4.03. The smallest absolute Gasteiger partial charge is 0.264 e. The lowest BCUT2D eigenvalue weighted by molar-refractivity contribution is -0.113. The molecule has 0 radical (unpaired) electrons. The maximum absolute atomic E-state index is 12.2. The van der Waals surface area contributed by atoms with Gasteiger partial charge in [-0.3, -0.25) is 4.79 Å². The molecule has 12 heteroatoms. The summed E-state index contributed by atoms with van der Waals surface area (Å²) in [6, 6.07) is 21.7. The second-order valence-corrected chi connectivity index (χ2v) is 8.84. The van der Waals surface area contributed by atoms with E-state index < -0.39 is 0 Å². The maximum atomic E-state index is 12.2. The molecule has 4 N–H and O–H groups in total. The van der Waals surface area contributed by atoms with Crippen LogP contribution in [0.3, 0.4) is 0 Å². The Bertz CT molecular complexity index is 1330. The largest absolute Gasteiger partial charge is 0.457 e. The number of hydrogen-bond donors (Lipinski definition) is 3. The summed E-state index contributed by atoms with van der Waals surface area (Å²) in [6.07, 6.45) is 1.60. The van der Waals surface area contributed by atoms with Crippen LogP contribution in [0.15, 0.2) is 83.1 Å². The number of hydrogen-bond acceptors (Lipinski definition) is 8.